The summed E-state index contributed by atoms with van der Waals surface area (Å²) in [5.41, 5.74) is 9.45. The Morgan fingerprint density at radius 1 is 1.10 bits per heavy atom. The summed E-state index contributed by atoms with van der Waals surface area (Å²) in [4.78, 5) is 29.0. The van der Waals surface area contributed by atoms with E-state index in [9.17, 15) is 9.59 Å². The number of carbonyl (C=O) groups is 1. The highest BCUT2D eigenvalue weighted by Gasteiger charge is 2.22. The first-order chi connectivity index (χ1) is 18.7. The van der Waals surface area contributed by atoms with E-state index in [0.29, 0.717) is 51.0 Å². The molecule has 0 aliphatic carbocycles. The number of aromatic amines is 1. The topological polar surface area (TPSA) is 150 Å². The van der Waals surface area contributed by atoms with Crippen LogP contribution in [0, 0.1) is 6.92 Å². The van der Waals surface area contributed by atoms with E-state index in [4.69, 9.17) is 15.2 Å². The number of nitrogens with two attached hydrogens (primary N) is 1. The van der Waals surface area contributed by atoms with Crippen LogP contribution in [-0.4, -0.2) is 38.0 Å². The van der Waals surface area contributed by atoms with E-state index in [1.165, 1.54) is 7.11 Å². The lowest BCUT2D eigenvalue weighted by atomic mass is 10.1. The fraction of sp³-hybridized carbons (Fsp3) is 0.107. The maximum Gasteiger partial charge on any atom is 0.292 e. The Morgan fingerprint density at radius 2 is 1.87 bits per heavy atom. The van der Waals surface area contributed by atoms with Crippen molar-refractivity contribution in [2.45, 2.75) is 13.8 Å². The van der Waals surface area contributed by atoms with Crippen LogP contribution in [0.5, 0.6) is 17.4 Å². The standard InChI is InChI=1S/C28H25N7O4/c1-15(2)27(36)31-18-9-11-19(12-10-18)35-25(23-24(34-35)28(37)33-32-26(23)29)17-8-13-20(21(14-17)38-4)39-22-7-5-6-16(3)30-22/h5-14H,1H2,2-4H3,(H2,29,32)(H,31,36)(H,33,37). The molecule has 0 aliphatic heterocycles. The minimum absolute atomic E-state index is 0.111. The van der Waals surface area contributed by atoms with Crippen molar-refractivity contribution in [3.63, 3.8) is 0 Å². The first kappa shape index (κ1) is 25.2. The molecule has 0 radical (unpaired) electrons. The number of hydrogen-bond acceptors (Lipinski definition) is 8. The molecule has 11 nitrogen and oxygen atoms in total. The molecule has 39 heavy (non-hydrogen) atoms. The Bertz CT molecular complexity index is 1790. The number of anilines is 2. The number of methoxy groups -OCH3 is 1. The molecule has 0 bridgehead atoms. The monoisotopic (exact) mass is 523 g/mol. The van der Waals surface area contributed by atoms with Crippen LogP contribution in [0.25, 0.3) is 27.8 Å². The molecule has 0 aliphatic rings. The average Bonchev–Trinajstić information content (AvgIpc) is 3.33. The lowest BCUT2D eigenvalue weighted by Gasteiger charge is -2.14. The number of hydrogen-bond donors (Lipinski definition) is 3. The number of pyridine rings is 1. The van der Waals surface area contributed by atoms with Crippen molar-refractivity contribution in [1.82, 2.24) is 25.0 Å². The van der Waals surface area contributed by atoms with Gasteiger partial charge in [-0.3, -0.25) is 9.59 Å². The molecule has 0 saturated carbocycles. The summed E-state index contributed by atoms with van der Waals surface area (Å²) in [5.74, 6) is 1.14. The summed E-state index contributed by atoms with van der Waals surface area (Å²) in [5, 5.41) is 14.0. The van der Waals surface area contributed by atoms with Crippen molar-refractivity contribution in [2.24, 2.45) is 0 Å². The quantitative estimate of drug-likeness (QED) is 0.266. The van der Waals surface area contributed by atoms with Crippen molar-refractivity contribution in [2.75, 3.05) is 18.2 Å². The van der Waals surface area contributed by atoms with E-state index in [2.05, 4.69) is 32.2 Å². The highest BCUT2D eigenvalue weighted by Crippen LogP contribution is 2.39. The van der Waals surface area contributed by atoms with Crippen molar-refractivity contribution in [3.8, 4) is 34.3 Å². The zero-order valence-electron chi connectivity index (χ0n) is 21.5. The molecule has 3 aromatic heterocycles. The van der Waals surface area contributed by atoms with Crippen LogP contribution < -0.4 is 26.1 Å². The highest BCUT2D eigenvalue weighted by molar-refractivity contribution is 6.03. The lowest BCUT2D eigenvalue weighted by molar-refractivity contribution is -0.112. The molecule has 3 heterocycles. The first-order valence-electron chi connectivity index (χ1n) is 11.9. The van der Waals surface area contributed by atoms with E-state index in [-0.39, 0.29) is 17.2 Å². The maximum atomic E-state index is 12.6. The van der Waals surface area contributed by atoms with Crippen molar-refractivity contribution in [3.05, 3.63) is 88.9 Å². The third-order valence-electron chi connectivity index (χ3n) is 5.91. The van der Waals surface area contributed by atoms with Crippen LogP contribution in [0.4, 0.5) is 11.5 Å². The van der Waals surface area contributed by atoms with Gasteiger partial charge >= 0.3 is 0 Å². The second kappa shape index (κ2) is 10.1. The Labute approximate surface area is 222 Å². The molecular formula is C28H25N7O4. The van der Waals surface area contributed by atoms with E-state index in [0.717, 1.165) is 5.69 Å². The molecule has 5 aromatic rings. The molecule has 0 spiro atoms. The molecule has 2 aromatic carbocycles. The number of ether oxygens (including phenoxy) is 2. The van der Waals surface area contributed by atoms with E-state index < -0.39 is 5.56 Å². The fourth-order valence-corrected chi connectivity index (χ4v) is 4.00. The summed E-state index contributed by atoms with van der Waals surface area (Å²) >= 11 is 0. The largest absolute Gasteiger partial charge is 0.493 e. The molecule has 4 N–H and O–H groups in total. The Kier molecular flexibility index (Phi) is 6.55. The molecule has 0 atom stereocenters. The average molecular weight is 524 g/mol. The van der Waals surface area contributed by atoms with Crippen molar-refractivity contribution >= 4 is 28.3 Å². The first-order valence-corrected chi connectivity index (χ1v) is 11.9. The predicted octanol–water partition coefficient (Wildman–Crippen LogP) is 4.38. The number of aromatic nitrogens is 5. The van der Waals surface area contributed by atoms with E-state index in [1.807, 2.05) is 25.1 Å². The molecule has 5 rings (SSSR count). The number of benzene rings is 2. The van der Waals surface area contributed by atoms with Gasteiger partial charge in [0.2, 0.25) is 5.88 Å². The van der Waals surface area contributed by atoms with Crippen molar-refractivity contribution < 1.29 is 14.3 Å². The molecule has 0 saturated heterocycles. The van der Waals surface area contributed by atoms with Crippen LogP contribution in [0.15, 0.2) is 77.6 Å². The van der Waals surface area contributed by atoms with Gasteiger partial charge in [0.25, 0.3) is 11.5 Å². The van der Waals surface area contributed by atoms with Gasteiger partial charge in [0.05, 0.1) is 23.9 Å². The zero-order chi connectivity index (χ0) is 27.7. The van der Waals surface area contributed by atoms with Crippen LogP contribution in [0.1, 0.15) is 12.6 Å². The Morgan fingerprint density at radius 3 is 2.56 bits per heavy atom. The summed E-state index contributed by atoms with van der Waals surface area (Å²) in [6.07, 6.45) is 0. The zero-order valence-corrected chi connectivity index (χ0v) is 21.5. The fourth-order valence-electron chi connectivity index (χ4n) is 4.00. The second-order valence-electron chi connectivity index (χ2n) is 8.79. The maximum absolute atomic E-state index is 12.6. The number of nitrogens with one attached hydrogen (secondary N) is 2. The van der Waals surface area contributed by atoms with Crippen molar-refractivity contribution in [1.29, 1.82) is 0 Å². The Hall–Kier alpha value is -5.45. The lowest BCUT2D eigenvalue weighted by Crippen LogP contribution is -2.11. The number of aryl methyl sites for hydroxylation is 1. The number of H-pyrrole nitrogens is 1. The second-order valence-corrected chi connectivity index (χ2v) is 8.79. The SMILES string of the molecule is C=C(C)C(=O)Nc1ccc(-n2nc3c(=O)[nH]nc(N)c3c2-c2ccc(Oc3cccc(C)n3)c(OC)c2)cc1. The van der Waals surface area contributed by atoms with Crippen LogP contribution in [-0.2, 0) is 4.79 Å². The van der Waals surface area contributed by atoms with Gasteiger partial charge in [0.15, 0.2) is 22.8 Å². The molecule has 11 heteroatoms. The van der Waals surface area contributed by atoms with E-state index in [1.54, 1.807) is 54.1 Å². The number of carbonyl (C=O) groups excluding carboxylic acids is 1. The Balaban J connectivity index is 1.63. The molecule has 1 amide bonds. The van der Waals surface area contributed by atoms with Gasteiger partial charge in [0.1, 0.15) is 0 Å². The number of rotatable bonds is 7. The molecule has 196 valence electrons. The van der Waals surface area contributed by atoms with Gasteiger partial charge in [-0.15, -0.1) is 0 Å². The van der Waals surface area contributed by atoms with Gasteiger partial charge < -0.3 is 20.5 Å². The number of amides is 1. The number of nitrogens with zero attached hydrogens (tertiary/aromatic N) is 4. The van der Waals surface area contributed by atoms with Gasteiger partial charge in [-0.2, -0.15) is 10.2 Å². The third-order valence-corrected chi connectivity index (χ3v) is 5.91. The van der Waals surface area contributed by atoms with Crippen LogP contribution in [0.3, 0.4) is 0 Å². The predicted molar refractivity (Wildman–Crippen MR) is 148 cm³/mol. The normalized spacial score (nSPS) is 10.8. The molecule has 0 unspecified atom stereocenters. The van der Waals surface area contributed by atoms with Crippen LogP contribution in [0.2, 0.25) is 0 Å². The summed E-state index contributed by atoms with van der Waals surface area (Å²) in [7, 11) is 1.53. The van der Waals surface area contributed by atoms with E-state index >= 15 is 0 Å². The summed E-state index contributed by atoms with van der Waals surface area (Å²) in [6.45, 7) is 7.15. The smallest absolute Gasteiger partial charge is 0.292 e. The summed E-state index contributed by atoms with van der Waals surface area (Å²) in [6, 6.07) is 17.8. The third kappa shape index (κ3) is 4.92. The van der Waals surface area contributed by atoms with Gasteiger partial charge in [-0.05, 0) is 62.4 Å². The van der Waals surface area contributed by atoms with Gasteiger partial charge in [0, 0.05) is 28.6 Å². The van der Waals surface area contributed by atoms with Gasteiger partial charge in [-0.1, -0.05) is 12.6 Å². The van der Waals surface area contributed by atoms with Gasteiger partial charge in [-0.25, -0.2) is 14.8 Å². The van der Waals surface area contributed by atoms with Crippen LogP contribution >= 0.6 is 0 Å². The number of nitrogen functional groups attached to an aromatic ring is 1. The minimum atomic E-state index is -0.484. The summed E-state index contributed by atoms with van der Waals surface area (Å²) < 4.78 is 13.2. The molecular weight excluding hydrogens is 498 g/mol. The highest BCUT2D eigenvalue weighted by atomic mass is 16.5. The minimum Gasteiger partial charge on any atom is -0.493 e. The molecule has 0 fully saturated rings. The number of fused-ring (bicyclic) bond motifs is 1.